The van der Waals surface area contributed by atoms with Crippen LogP contribution in [0.15, 0.2) is 48.5 Å². The zero-order valence-electron chi connectivity index (χ0n) is 14.6. The van der Waals surface area contributed by atoms with Crippen LogP contribution < -0.4 is 5.32 Å². The summed E-state index contributed by atoms with van der Waals surface area (Å²) in [5.41, 5.74) is 2.65. The standard InChI is InChI=1S/C20H23FN2O2/c1-15-6-5-7-17(12-15)13-23(16(2)24)14-20(25)22-11-10-18-8-3-4-9-19(18)21/h3-9,12H,10-11,13-14H2,1-2H3,(H,22,25). The summed E-state index contributed by atoms with van der Waals surface area (Å²) in [5.74, 6) is -0.688. The van der Waals surface area contributed by atoms with E-state index in [2.05, 4.69) is 5.32 Å². The van der Waals surface area contributed by atoms with Gasteiger partial charge >= 0.3 is 0 Å². The highest BCUT2D eigenvalue weighted by Gasteiger charge is 2.14. The summed E-state index contributed by atoms with van der Waals surface area (Å²) in [6.07, 6.45) is 0.413. The largest absolute Gasteiger partial charge is 0.354 e. The quantitative estimate of drug-likeness (QED) is 0.841. The van der Waals surface area contributed by atoms with Crippen molar-refractivity contribution in [3.63, 3.8) is 0 Å². The SMILES string of the molecule is CC(=O)N(CC(=O)NCCc1ccccc1F)Cc1cccc(C)c1. The number of hydrogen-bond donors (Lipinski definition) is 1. The summed E-state index contributed by atoms with van der Waals surface area (Å²) in [5, 5.41) is 2.74. The van der Waals surface area contributed by atoms with Crippen molar-refractivity contribution in [3.05, 3.63) is 71.0 Å². The van der Waals surface area contributed by atoms with Crippen LogP contribution in [0, 0.1) is 12.7 Å². The summed E-state index contributed by atoms with van der Waals surface area (Å²) in [6, 6.07) is 14.3. The lowest BCUT2D eigenvalue weighted by Crippen LogP contribution is -2.40. The molecule has 0 aliphatic carbocycles. The molecular formula is C20H23FN2O2. The maximum atomic E-state index is 13.5. The van der Waals surface area contributed by atoms with Gasteiger partial charge in [0.1, 0.15) is 5.82 Å². The van der Waals surface area contributed by atoms with E-state index >= 15 is 0 Å². The topological polar surface area (TPSA) is 49.4 Å². The van der Waals surface area contributed by atoms with E-state index in [-0.39, 0.29) is 24.2 Å². The Hall–Kier alpha value is -2.69. The fourth-order valence-corrected chi connectivity index (χ4v) is 2.58. The Balaban J connectivity index is 1.85. The van der Waals surface area contributed by atoms with Crippen molar-refractivity contribution in [2.45, 2.75) is 26.8 Å². The summed E-state index contributed by atoms with van der Waals surface area (Å²) in [7, 11) is 0. The molecule has 0 bridgehead atoms. The molecule has 1 N–H and O–H groups in total. The summed E-state index contributed by atoms with van der Waals surface area (Å²) in [4.78, 5) is 25.4. The molecule has 0 aliphatic heterocycles. The normalized spacial score (nSPS) is 10.4. The van der Waals surface area contributed by atoms with Crippen molar-refractivity contribution in [1.82, 2.24) is 10.2 Å². The average Bonchev–Trinajstić information content (AvgIpc) is 2.56. The number of hydrogen-bond acceptors (Lipinski definition) is 2. The molecule has 5 heteroatoms. The molecule has 132 valence electrons. The summed E-state index contributed by atoms with van der Waals surface area (Å²) in [6.45, 7) is 4.13. The van der Waals surface area contributed by atoms with Gasteiger partial charge in [-0.2, -0.15) is 0 Å². The number of rotatable bonds is 7. The maximum Gasteiger partial charge on any atom is 0.239 e. The second-order valence-corrected chi connectivity index (χ2v) is 6.06. The monoisotopic (exact) mass is 342 g/mol. The van der Waals surface area contributed by atoms with E-state index in [1.54, 1.807) is 18.2 Å². The number of nitrogens with zero attached hydrogens (tertiary/aromatic N) is 1. The van der Waals surface area contributed by atoms with Crippen molar-refractivity contribution in [2.24, 2.45) is 0 Å². The van der Waals surface area contributed by atoms with Gasteiger partial charge in [-0.3, -0.25) is 9.59 Å². The maximum absolute atomic E-state index is 13.5. The van der Waals surface area contributed by atoms with E-state index in [0.717, 1.165) is 11.1 Å². The van der Waals surface area contributed by atoms with Gasteiger partial charge in [0, 0.05) is 20.0 Å². The van der Waals surface area contributed by atoms with E-state index in [4.69, 9.17) is 0 Å². The van der Waals surface area contributed by atoms with Gasteiger partial charge in [0.25, 0.3) is 0 Å². The van der Waals surface area contributed by atoms with Crippen LogP contribution in [-0.2, 0) is 22.6 Å². The predicted molar refractivity (Wildman–Crippen MR) is 95.4 cm³/mol. The van der Waals surface area contributed by atoms with Crippen molar-refractivity contribution < 1.29 is 14.0 Å². The highest BCUT2D eigenvalue weighted by atomic mass is 19.1. The number of benzene rings is 2. The highest BCUT2D eigenvalue weighted by molar-refractivity contribution is 5.83. The van der Waals surface area contributed by atoms with Gasteiger partial charge in [-0.1, -0.05) is 48.0 Å². The third kappa shape index (κ3) is 6.03. The Bertz CT molecular complexity index is 746. The first-order valence-electron chi connectivity index (χ1n) is 8.27. The minimum atomic E-state index is -0.276. The predicted octanol–water partition coefficient (Wildman–Crippen LogP) is 2.84. The van der Waals surface area contributed by atoms with Gasteiger partial charge < -0.3 is 10.2 Å². The minimum Gasteiger partial charge on any atom is -0.354 e. The van der Waals surface area contributed by atoms with Crippen LogP contribution in [0.1, 0.15) is 23.6 Å². The van der Waals surface area contributed by atoms with Crippen LogP contribution >= 0.6 is 0 Å². The molecule has 0 radical (unpaired) electrons. The van der Waals surface area contributed by atoms with Crippen LogP contribution in [0.2, 0.25) is 0 Å². The Morgan fingerprint density at radius 2 is 1.88 bits per heavy atom. The molecule has 0 heterocycles. The van der Waals surface area contributed by atoms with Crippen LogP contribution in [-0.4, -0.2) is 29.8 Å². The molecule has 0 spiro atoms. The lowest BCUT2D eigenvalue weighted by Gasteiger charge is -2.21. The van der Waals surface area contributed by atoms with Crippen molar-refractivity contribution in [1.29, 1.82) is 0 Å². The van der Waals surface area contributed by atoms with Gasteiger partial charge in [0.05, 0.1) is 6.54 Å². The molecule has 2 amide bonds. The molecule has 0 unspecified atom stereocenters. The zero-order chi connectivity index (χ0) is 18.2. The first kappa shape index (κ1) is 18.6. The molecule has 0 aromatic heterocycles. The smallest absolute Gasteiger partial charge is 0.239 e. The molecule has 0 fully saturated rings. The number of carbonyl (C=O) groups is 2. The van der Waals surface area contributed by atoms with Crippen LogP contribution in [0.4, 0.5) is 4.39 Å². The Labute approximate surface area is 147 Å². The van der Waals surface area contributed by atoms with Gasteiger partial charge in [-0.25, -0.2) is 4.39 Å². The minimum absolute atomic E-state index is 0.0133. The lowest BCUT2D eigenvalue weighted by atomic mass is 10.1. The fraction of sp³-hybridized carbons (Fsp3) is 0.300. The van der Waals surface area contributed by atoms with Crippen LogP contribution in [0.3, 0.4) is 0 Å². The van der Waals surface area contributed by atoms with E-state index in [9.17, 15) is 14.0 Å². The molecule has 2 rings (SSSR count). The lowest BCUT2D eigenvalue weighted by molar-refractivity contribution is -0.134. The second kappa shape index (κ2) is 8.97. The fourth-order valence-electron chi connectivity index (χ4n) is 2.58. The van der Waals surface area contributed by atoms with Crippen LogP contribution in [0.25, 0.3) is 0 Å². The second-order valence-electron chi connectivity index (χ2n) is 6.06. The van der Waals surface area contributed by atoms with E-state index in [1.165, 1.54) is 17.9 Å². The number of halogens is 1. The van der Waals surface area contributed by atoms with Crippen molar-refractivity contribution >= 4 is 11.8 Å². The van der Waals surface area contributed by atoms with E-state index in [0.29, 0.717) is 25.1 Å². The zero-order valence-corrected chi connectivity index (χ0v) is 14.6. The highest BCUT2D eigenvalue weighted by Crippen LogP contribution is 2.08. The molecule has 0 aliphatic rings. The Kier molecular flexibility index (Phi) is 6.69. The van der Waals surface area contributed by atoms with Crippen molar-refractivity contribution in [2.75, 3.05) is 13.1 Å². The first-order chi connectivity index (χ1) is 12.0. The molecule has 4 nitrogen and oxygen atoms in total. The molecular weight excluding hydrogens is 319 g/mol. The third-order valence-electron chi connectivity index (χ3n) is 3.91. The molecule has 0 saturated carbocycles. The summed E-state index contributed by atoms with van der Waals surface area (Å²) >= 11 is 0. The first-order valence-corrected chi connectivity index (χ1v) is 8.27. The number of nitrogens with one attached hydrogen (secondary N) is 1. The molecule has 2 aromatic carbocycles. The molecule has 0 saturated heterocycles. The van der Waals surface area contributed by atoms with Gasteiger partial charge in [0.15, 0.2) is 0 Å². The molecule has 25 heavy (non-hydrogen) atoms. The Morgan fingerprint density at radius 1 is 1.12 bits per heavy atom. The third-order valence-corrected chi connectivity index (χ3v) is 3.91. The van der Waals surface area contributed by atoms with E-state index in [1.807, 2.05) is 31.2 Å². The van der Waals surface area contributed by atoms with Crippen LogP contribution in [0.5, 0.6) is 0 Å². The molecule has 0 atom stereocenters. The Morgan fingerprint density at radius 3 is 2.56 bits per heavy atom. The summed E-state index contributed by atoms with van der Waals surface area (Å²) < 4.78 is 13.5. The van der Waals surface area contributed by atoms with Gasteiger partial charge in [0.2, 0.25) is 11.8 Å². The van der Waals surface area contributed by atoms with Crippen molar-refractivity contribution in [3.8, 4) is 0 Å². The van der Waals surface area contributed by atoms with E-state index < -0.39 is 0 Å². The number of carbonyl (C=O) groups excluding carboxylic acids is 2. The van der Waals surface area contributed by atoms with Gasteiger partial charge in [-0.05, 0) is 30.5 Å². The molecule has 2 aromatic rings. The average molecular weight is 342 g/mol. The van der Waals surface area contributed by atoms with Gasteiger partial charge in [-0.15, -0.1) is 0 Å². The number of aryl methyl sites for hydroxylation is 1. The number of amides is 2.